The summed E-state index contributed by atoms with van der Waals surface area (Å²) in [6, 6.07) is 12.3. The fourth-order valence-electron chi connectivity index (χ4n) is 2.26. The summed E-state index contributed by atoms with van der Waals surface area (Å²) < 4.78 is 0. The summed E-state index contributed by atoms with van der Waals surface area (Å²) >= 11 is -0.556. The van der Waals surface area contributed by atoms with E-state index in [4.69, 9.17) is 18.6 Å². The zero-order valence-electron chi connectivity index (χ0n) is 13.8. The Labute approximate surface area is 157 Å². The predicted octanol–water partition coefficient (Wildman–Crippen LogP) is 4.08. The average molecular weight is 406 g/mol. The van der Waals surface area contributed by atoms with E-state index in [1.165, 1.54) is 22.0 Å². The Bertz CT molecular complexity index is 638. The van der Waals surface area contributed by atoms with Crippen molar-refractivity contribution in [2.24, 2.45) is 0 Å². The third kappa shape index (κ3) is 7.14. The van der Waals surface area contributed by atoms with Gasteiger partial charge in [-0.15, -0.1) is 0 Å². The summed E-state index contributed by atoms with van der Waals surface area (Å²) in [5.74, 6) is 0.396. The van der Waals surface area contributed by atoms with Crippen molar-refractivity contribution in [2.45, 2.75) is 20.4 Å². The zero-order valence-corrected chi connectivity index (χ0v) is 17.9. The number of aromatic hydroxyl groups is 1. The van der Waals surface area contributed by atoms with Crippen molar-refractivity contribution in [1.82, 2.24) is 4.90 Å². The van der Waals surface area contributed by atoms with Crippen molar-refractivity contribution in [3.63, 3.8) is 0 Å². The molecule has 2 nitrogen and oxygen atoms in total. The van der Waals surface area contributed by atoms with Crippen molar-refractivity contribution in [2.75, 3.05) is 14.1 Å². The Balaban J connectivity index is 0.000000816. The van der Waals surface area contributed by atoms with E-state index >= 15 is 0 Å². The predicted molar refractivity (Wildman–Crippen MR) is 101 cm³/mol. The van der Waals surface area contributed by atoms with E-state index in [-0.39, 0.29) is 0 Å². The summed E-state index contributed by atoms with van der Waals surface area (Å²) in [5, 5.41) is 12.4. The minimum atomic E-state index is -0.556. The molecule has 0 aromatic heterocycles. The molecular formula is C17H22Cl2NOPTi. The SMILES string of the molecule is Cc1ccc(O)c(Pc2c(C)cccc2CN(C)C)c1.[Cl][Ti][Cl]. The molecule has 0 heterocycles. The Hall–Kier alpha value is -0.0757. The topological polar surface area (TPSA) is 23.5 Å². The Kier molecular flexibility index (Phi) is 9.77. The third-order valence-electron chi connectivity index (χ3n) is 3.26. The van der Waals surface area contributed by atoms with Crippen LogP contribution in [0.25, 0.3) is 0 Å². The summed E-state index contributed by atoms with van der Waals surface area (Å²) in [5.41, 5.74) is 3.82. The van der Waals surface area contributed by atoms with Gasteiger partial charge in [0.1, 0.15) is 5.75 Å². The van der Waals surface area contributed by atoms with Crippen LogP contribution in [0.1, 0.15) is 16.7 Å². The number of hydrogen-bond donors (Lipinski definition) is 1. The van der Waals surface area contributed by atoms with Crippen molar-refractivity contribution in [3.05, 3.63) is 53.1 Å². The van der Waals surface area contributed by atoms with Gasteiger partial charge in [-0.05, 0) is 56.5 Å². The minimum absolute atomic E-state index is 0.396. The first-order chi connectivity index (χ1) is 10.9. The van der Waals surface area contributed by atoms with Crippen LogP contribution in [0.4, 0.5) is 0 Å². The van der Waals surface area contributed by atoms with Crippen LogP contribution in [0.2, 0.25) is 0 Å². The molecule has 0 saturated carbocycles. The monoisotopic (exact) mass is 405 g/mol. The van der Waals surface area contributed by atoms with Crippen LogP contribution >= 0.6 is 27.2 Å². The Morgan fingerprint density at radius 3 is 2.39 bits per heavy atom. The van der Waals surface area contributed by atoms with Crippen LogP contribution in [0, 0.1) is 13.8 Å². The van der Waals surface area contributed by atoms with Crippen LogP contribution in [-0.2, 0) is 23.6 Å². The van der Waals surface area contributed by atoms with Crippen molar-refractivity contribution < 1.29 is 22.1 Å². The van der Waals surface area contributed by atoms with E-state index < -0.39 is 17.0 Å². The Morgan fingerprint density at radius 1 is 1.13 bits per heavy atom. The number of rotatable bonds is 4. The number of hydrogen-bond acceptors (Lipinski definition) is 2. The molecule has 1 unspecified atom stereocenters. The van der Waals surface area contributed by atoms with Gasteiger partial charge < -0.3 is 10.0 Å². The quantitative estimate of drug-likeness (QED) is 0.612. The number of halogens is 2. The summed E-state index contributed by atoms with van der Waals surface area (Å²) in [6.45, 7) is 5.14. The number of aryl methyl sites for hydroxylation is 2. The zero-order chi connectivity index (χ0) is 17.4. The molecule has 2 rings (SSSR count). The van der Waals surface area contributed by atoms with Gasteiger partial charge in [0.25, 0.3) is 0 Å². The normalized spacial score (nSPS) is 10.7. The molecule has 124 valence electrons. The van der Waals surface area contributed by atoms with Gasteiger partial charge in [-0.3, -0.25) is 0 Å². The molecule has 1 N–H and O–H groups in total. The molecule has 2 aromatic rings. The van der Waals surface area contributed by atoms with Gasteiger partial charge in [0.15, 0.2) is 0 Å². The molecule has 23 heavy (non-hydrogen) atoms. The van der Waals surface area contributed by atoms with Gasteiger partial charge in [0.05, 0.1) is 0 Å². The molecule has 0 fully saturated rings. The molecule has 0 aliphatic heterocycles. The van der Waals surface area contributed by atoms with Crippen LogP contribution in [0.5, 0.6) is 5.75 Å². The average Bonchev–Trinajstić information content (AvgIpc) is 2.46. The standard InChI is InChI=1S/C17H22NOP.2ClH.Ti/c1-12-8-9-15(19)16(10-12)20-17-13(2)6-5-7-14(17)11-18(3)4;;;/h5-10,19-20H,11H2,1-4H3;2*1H;/q;;;+2/p-2. The molecule has 0 bridgehead atoms. The van der Waals surface area contributed by atoms with E-state index in [1.807, 2.05) is 6.07 Å². The van der Waals surface area contributed by atoms with Gasteiger partial charge in [0.2, 0.25) is 0 Å². The van der Waals surface area contributed by atoms with E-state index in [0.29, 0.717) is 14.3 Å². The Morgan fingerprint density at radius 2 is 1.78 bits per heavy atom. The fourth-order valence-corrected chi connectivity index (χ4v) is 3.65. The second kappa shape index (κ2) is 10.7. The molecule has 0 spiro atoms. The van der Waals surface area contributed by atoms with Crippen molar-refractivity contribution >= 4 is 37.8 Å². The van der Waals surface area contributed by atoms with E-state index in [2.05, 4.69) is 57.1 Å². The molecule has 0 aliphatic carbocycles. The summed E-state index contributed by atoms with van der Waals surface area (Å²) in [6.07, 6.45) is 0. The van der Waals surface area contributed by atoms with E-state index in [1.54, 1.807) is 6.07 Å². The van der Waals surface area contributed by atoms with Gasteiger partial charge in [-0.1, -0.05) is 38.4 Å². The third-order valence-corrected chi connectivity index (χ3v) is 4.89. The molecule has 0 saturated heterocycles. The van der Waals surface area contributed by atoms with Crippen LogP contribution in [0.3, 0.4) is 0 Å². The fraction of sp³-hybridized carbons (Fsp3) is 0.294. The molecular weight excluding hydrogens is 384 g/mol. The molecule has 0 aliphatic rings. The maximum absolute atomic E-state index is 10.1. The van der Waals surface area contributed by atoms with E-state index in [0.717, 1.165) is 11.8 Å². The molecule has 0 radical (unpaired) electrons. The molecule has 1 atom stereocenters. The van der Waals surface area contributed by atoms with Crippen LogP contribution < -0.4 is 10.6 Å². The second-order valence-corrected chi connectivity index (χ2v) is 9.43. The maximum atomic E-state index is 10.1. The van der Waals surface area contributed by atoms with Crippen LogP contribution in [0.15, 0.2) is 36.4 Å². The first kappa shape index (κ1) is 21.0. The van der Waals surface area contributed by atoms with Crippen LogP contribution in [-0.4, -0.2) is 24.1 Å². The number of phenolic OH excluding ortho intramolecular Hbond substituents is 1. The number of benzene rings is 2. The molecule has 0 amide bonds. The van der Waals surface area contributed by atoms with Gasteiger partial charge >= 0.3 is 35.6 Å². The van der Waals surface area contributed by atoms with Crippen molar-refractivity contribution in [1.29, 1.82) is 0 Å². The molecule has 6 heteroatoms. The number of phenols is 1. The first-order valence-corrected chi connectivity index (χ1v) is 12.4. The summed E-state index contributed by atoms with van der Waals surface area (Å²) in [4.78, 5) is 2.18. The van der Waals surface area contributed by atoms with Crippen molar-refractivity contribution in [3.8, 4) is 5.75 Å². The second-order valence-electron chi connectivity index (χ2n) is 5.56. The molecule has 2 aromatic carbocycles. The number of nitrogens with zero attached hydrogens (tertiary/aromatic N) is 1. The van der Waals surface area contributed by atoms with Gasteiger partial charge in [-0.2, -0.15) is 0 Å². The summed E-state index contributed by atoms with van der Waals surface area (Å²) in [7, 11) is 14.4. The van der Waals surface area contributed by atoms with Gasteiger partial charge in [-0.25, -0.2) is 0 Å². The van der Waals surface area contributed by atoms with Gasteiger partial charge in [0, 0.05) is 11.8 Å². The van der Waals surface area contributed by atoms with E-state index in [9.17, 15) is 5.11 Å². The first-order valence-electron chi connectivity index (χ1n) is 7.15.